The number of nitro benzene ring substituents is 1. The third kappa shape index (κ3) is 2.19. The molecule has 0 aliphatic rings. The fourth-order valence-electron chi connectivity index (χ4n) is 1.13. The van der Waals surface area contributed by atoms with Crippen LogP contribution in [0.15, 0.2) is 12.1 Å². The van der Waals surface area contributed by atoms with Crippen LogP contribution in [0.25, 0.3) is 0 Å². The van der Waals surface area contributed by atoms with Crippen molar-refractivity contribution >= 4 is 24.2 Å². The van der Waals surface area contributed by atoms with Crippen LogP contribution in [0.5, 0.6) is 11.5 Å². The van der Waals surface area contributed by atoms with E-state index in [2.05, 4.69) is 4.74 Å². The first-order chi connectivity index (χ1) is 7.29. The monoisotopic (exact) mass is 293 g/mol. The maximum atomic E-state index is 11.0. The van der Waals surface area contributed by atoms with Crippen LogP contribution >= 0.6 is 0 Å². The van der Waals surface area contributed by atoms with Gasteiger partial charge in [-0.2, -0.15) is 0 Å². The molecule has 0 saturated carbocycles. The summed E-state index contributed by atoms with van der Waals surface area (Å²) in [6.07, 6.45) is 0. The number of ether oxygens (including phenoxy) is 1. The first-order valence-electron chi connectivity index (χ1n) is 3.89. The number of hydrogen-bond donors (Lipinski definition) is 3. The van der Waals surface area contributed by atoms with E-state index in [4.69, 9.17) is 8.19 Å². The van der Waals surface area contributed by atoms with E-state index >= 15 is 0 Å². The summed E-state index contributed by atoms with van der Waals surface area (Å²) < 4.78 is 32.7. The van der Waals surface area contributed by atoms with Crippen molar-refractivity contribution in [1.82, 2.24) is 0 Å². The number of rotatable bonds is 3. The van der Waals surface area contributed by atoms with Crippen molar-refractivity contribution in [3.8, 4) is 11.5 Å². The van der Waals surface area contributed by atoms with Crippen molar-refractivity contribution < 1.29 is 26.7 Å². The molecule has 0 saturated heterocycles. The van der Waals surface area contributed by atoms with Gasteiger partial charge in [0.25, 0.3) is 0 Å². The Morgan fingerprint density at radius 3 is 2.38 bits per heavy atom. The van der Waals surface area contributed by atoms with Crippen LogP contribution in [0.3, 0.4) is 0 Å². The van der Waals surface area contributed by atoms with Crippen molar-refractivity contribution in [3.63, 3.8) is 0 Å². The Kier molecular flexibility index (Phi) is 3.27. The van der Waals surface area contributed by atoms with E-state index in [1.807, 2.05) is 0 Å². The number of hydrogen-bond acceptors (Lipinski definition) is 5. The molecule has 1 rings (SSSR count). The molecule has 0 unspecified atom stereocenters. The Bertz CT molecular complexity index is 480. The molecule has 16 heavy (non-hydrogen) atoms. The van der Waals surface area contributed by atoms with E-state index in [1.54, 1.807) is 0 Å². The molecule has 0 bridgehead atoms. The Morgan fingerprint density at radius 1 is 1.44 bits per heavy atom. The topological polar surface area (TPSA) is 130 Å². The molecule has 88 valence electrons. The van der Waals surface area contributed by atoms with Crippen LogP contribution in [0.1, 0.15) is 0 Å². The average Bonchev–Trinajstić information content (AvgIpc) is 2.15. The second-order valence-corrected chi connectivity index (χ2v) is 6.08. The van der Waals surface area contributed by atoms with Gasteiger partial charge in [-0.1, -0.05) is 0 Å². The normalized spacial score (nSPS) is 11.2. The SMILES string of the molecule is COc1ccc([As](=O)(O)O)c([N+](=O)[O-])c1O. The summed E-state index contributed by atoms with van der Waals surface area (Å²) in [4.78, 5) is 9.55. The van der Waals surface area contributed by atoms with Crippen LogP contribution in [0, 0.1) is 10.1 Å². The predicted octanol–water partition coefficient (Wildman–Crippen LogP) is -1.13. The van der Waals surface area contributed by atoms with Gasteiger partial charge in [0.2, 0.25) is 0 Å². The van der Waals surface area contributed by atoms with Crippen molar-refractivity contribution in [2.24, 2.45) is 0 Å². The number of nitro groups is 1. The molecule has 0 aliphatic carbocycles. The van der Waals surface area contributed by atoms with E-state index in [0.29, 0.717) is 0 Å². The summed E-state index contributed by atoms with van der Waals surface area (Å²) >= 11 is -5.46. The van der Waals surface area contributed by atoms with Gasteiger partial charge in [0.05, 0.1) is 0 Å². The summed E-state index contributed by atoms with van der Waals surface area (Å²) in [7, 11) is 1.17. The van der Waals surface area contributed by atoms with Gasteiger partial charge < -0.3 is 0 Å². The predicted molar refractivity (Wildman–Crippen MR) is 51.8 cm³/mol. The Labute approximate surface area is 92.2 Å². The van der Waals surface area contributed by atoms with Crippen LogP contribution in [0.4, 0.5) is 5.69 Å². The molecule has 0 amide bonds. The van der Waals surface area contributed by atoms with E-state index in [-0.39, 0.29) is 5.75 Å². The molecular weight excluding hydrogens is 285 g/mol. The summed E-state index contributed by atoms with van der Waals surface area (Å²) in [6, 6.07) is 1.93. The number of benzene rings is 1. The van der Waals surface area contributed by atoms with E-state index in [0.717, 1.165) is 12.1 Å². The number of methoxy groups -OCH3 is 1. The average molecular weight is 293 g/mol. The van der Waals surface area contributed by atoms with Gasteiger partial charge in [0.1, 0.15) is 0 Å². The van der Waals surface area contributed by atoms with Crippen molar-refractivity contribution in [1.29, 1.82) is 0 Å². The fraction of sp³-hybridized carbons (Fsp3) is 0.143. The Balaban J connectivity index is 3.60. The van der Waals surface area contributed by atoms with Crippen LogP contribution in [0.2, 0.25) is 0 Å². The van der Waals surface area contributed by atoms with Gasteiger partial charge in [-0.25, -0.2) is 0 Å². The molecule has 1 aromatic rings. The quantitative estimate of drug-likeness (QED) is 0.365. The van der Waals surface area contributed by atoms with Gasteiger partial charge in [0, 0.05) is 0 Å². The maximum absolute atomic E-state index is 11.0. The van der Waals surface area contributed by atoms with Gasteiger partial charge in [-0.15, -0.1) is 0 Å². The Hall–Kier alpha value is -1.50. The van der Waals surface area contributed by atoms with Gasteiger partial charge in [0.15, 0.2) is 0 Å². The van der Waals surface area contributed by atoms with E-state index in [9.17, 15) is 19.0 Å². The van der Waals surface area contributed by atoms with Gasteiger partial charge >= 0.3 is 91.8 Å². The summed E-state index contributed by atoms with van der Waals surface area (Å²) in [6.45, 7) is 0. The van der Waals surface area contributed by atoms with Gasteiger partial charge in [-0.05, 0) is 0 Å². The van der Waals surface area contributed by atoms with Crippen LogP contribution in [-0.2, 0) is 3.74 Å². The second kappa shape index (κ2) is 4.17. The molecule has 0 aromatic heterocycles. The third-order valence-corrected chi connectivity index (χ3v) is 3.88. The minimum atomic E-state index is -5.46. The second-order valence-electron chi connectivity index (χ2n) is 2.79. The molecule has 0 spiro atoms. The summed E-state index contributed by atoms with van der Waals surface area (Å²) in [5.74, 6) is -1.12. The molecule has 0 atom stereocenters. The van der Waals surface area contributed by atoms with Crippen molar-refractivity contribution in [2.45, 2.75) is 0 Å². The summed E-state index contributed by atoms with van der Waals surface area (Å²) in [5.41, 5.74) is -1.02. The molecule has 3 N–H and O–H groups in total. The van der Waals surface area contributed by atoms with Crippen molar-refractivity contribution in [3.05, 3.63) is 22.2 Å². The molecule has 8 nitrogen and oxygen atoms in total. The molecule has 0 heterocycles. The number of nitrogens with zero attached hydrogens (tertiary/aromatic N) is 1. The first-order valence-corrected chi connectivity index (χ1v) is 7.27. The first kappa shape index (κ1) is 12.6. The number of phenols is 1. The molecule has 0 aliphatic heterocycles. The van der Waals surface area contributed by atoms with E-state index < -0.39 is 34.9 Å². The minimum absolute atomic E-state index is 0.223. The summed E-state index contributed by atoms with van der Waals surface area (Å²) in [5, 5.41) is 20.0. The number of phenolic OH excluding ortho intramolecular Hbond substituents is 1. The zero-order chi connectivity index (χ0) is 12.5. The van der Waals surface area contributed by atoms with E-state index in [1.165, 1.54) is 7.11 Å². The van der Waals surface area contributed by atoms with Crippen molar-refractivity contribution in [2.75, 3.05) is 7.11 Å². The third-order valence-electron chi connectivity index (χ3n) is 1.81. The van der Waals surface area contributed by atoms with Gasteiger partial charge in [-0.3, -0.25) is 0 Å². The number of aromatic hydroxyl groups is 1. The van der Waals surface area contributed by atoms with Crippen LogP contribution < -0.4 is 9.09 Å². The molecule has 9 heteroatoms. The zero-order valence-electron chi connectivity index (χ0n) is 8.02. The standard InChI is InChI=1S/C7H8AsNO7/c1-16-5-3-2-4(8(11,12)13)6(7(5)10)9(14)15/h2-3,10H,1H3,(H2,11,12,13). The molecule has 0 radical (unpaired) electrons. The van der Waals surface area contributed by atoms with Crippen LogP contribution in [-0.4, -0.2) is 39.5 Å². The molecule has 0 fully saturated rings. The fourth-order valence-corrected chi connectivity index (χ4v) is 2.67. The molecule has 1 aromatic carbocycles. The molecular formula is C7H8AsNO7. The zero-order valence-corrected chi connectivity index (χ0v) is 9.90. The Morgan fingerprint density at radius 2 is 2.00 bits per heavy atom.